The Kier molecular flexibility index (Phi) is 2.47. The van der Waals surface area contributed by atoms with Crippen molar-refractivity contribution >= 4 is 49.7 Å². The number of anilines is 1. The van der Waals surface area contributed by atoms with E-state index < -0.39 is 0 Å². The summed E-state index contributed by atoms with van der Waals surface area (Å²) in [5.41, 5.74) is 8.22. The predicted octanol–water partition coefficient (Wildman–Crippen LogP) is 3.65. The number of fused-ring (bicyclic) bond motifs is 1. The van der Waals surface area contributed by atoms with Crippen molar-refractivity contribution < 1.29 is 0 Å². The lowest BCUT2D eigenvalue weighted by molar-refractivity contribution is 1.15. The second-order valence-corrected chi connectivity index (χ2v) is 4.97. The molecule has 1 heterocycles. The predicted molar refractivity (Wildman–Crippen MR) is 68.3 cm³/mol. The molecule has 2 N–H and O–H groups in total. The Hall–Kier alpha value is -0.290. The summed E-state index contributed by atoms with van der Waals surface area (Å²) in [7, 11) is 0. The van der Waals surface area contributed by atoms with Crippen LogP contribution in [0, 0.1) is 3.57 Å². The van der Waals surface area contributed by atoms with Crippen LogP contribution in [-0.2, 0) is 6.42 Å². The van der Waals surface area contributed by atoms with E-state index in [4.69, 9.17) is 5.73 Å². The Balaban J connectivity index is 2.87. The summed E-state index contributed by atoms with van der Waals surface area (Å²) in [6, 6.07) is 4.25. The van der Waals surface area contributed by atoms with E-state index in [9.17, 15) is 0 Å². The lowest BCUT2D eigenvalue weighted by Gasteiger charge is -2.06. The first-order chi connectivity index (χ1) is 6.24. The van der Waals surface area contributed by atoms with E-state index >= 15 is 0 Å². The molecule has 0 unspecified atom stereocenters. The fourth-order valence-corrected chi connectivity index (χ4v) is 3.22. The van der Waals surface area contributed by atoms with Gasteiger partial charge < -0.3 is 5.73 Å². The molecule has 0 radical (unpaired) electrons. The highest BCUT2D eigenvalue weighted by Crippen LogP contribution is 2.32. The van der Waals surface area contributed by atoms with Gasteiger partial charge in [-0.15, -0.1) is 11.3 Å². The third-order valence-electron chi connectivity index (χ3n) is 2.18. The maximum Gasteiger partial charge on any atom is 0.0467 e. The van der Waals surface area contributed by atoms with Crippen molar-refractivity contribution in [2.45, 2.75) is 13.3 Å². The van der Waals surface area contributed by atoms with Crippen LogP contribution in [0.2, 0.25) is 0 Å². The second-order valence-electron chi connectivity index (χ2n) is 2.94. The van der Waals surface area contributed by atoms with Crippen molar-refractivity contribution in [3.05, 3.63) is 26.6 Å². The molecule has 1 nitrogen and oxygen atoms in total. The van der Waals surface area contributed by atoms with Gasteiger partial charge in [0.1, 0.15) is 0 Å². The van der Waals surface area contributed by atoms with E-state index in [-0.39, 0.29) is 0 Å². The normalized spacial score (nSPS) is 10.9. The summed E-state index contributed by atoms with van der Waals surface area (Å²) >= 11 is 4.09. The fourth-order valence-electron chi connectivity index (χ4n) is 1.52. The van der Waals surface area contributed by atoms with Crippen molar-refractivity contribution in [2.24, 2.45) is 0 Å². The van der Waals surface area contributed by atoms with Crippen LogP contribution in [0.15, 0.2) is 17.5 Å². The van der Waals surface area contributed by atoms with Crippen LogP contribution in [0.25, 0.3) is 10.1 Å². The molecule has 0 aliphatic carbocycles. The van der Waals surface area contributed by atoms with Crippen molar-refractivity contribution in [2.75, 3.05) is 5.73 Å². The van der Waals surface area contributed by atoms with Crippen LogP contribution in [-0.4, -0.2) is 0 Å². The zero-order chi connectivity index (χ0) is 9.42. The van der Waals surface area contributed by atoms with Gasteiger partial charge in [-0.05, 0) is 57.5 Å². The molecular weight excluding hydrogens is 293 g/mol. The highest BCUT2D eigenvalue weighted by molar-refractivity contribution is 14.1. The molecule has 0 fully saturated rings. The van der Waals surface area contributed by atoms with Crippen LogP contribution >= 0.6 is 33.9 Å². The molecular formula is C10H10INS. The van der Waals surface area contributed by atoms with Gasteiger partial charge in [0, 0.05) is 14.0 Å². The summed E-state index contributed by atoms with van der Waals surface area (Å²) in [6.07, 6.45) is 1.05. The Labute approximate surface area is 95.1 Å². The largest absolute Gasteiger partial charge is 0.398 e. The number of halogens is 1. The third-order valence-corrected chi connectivity index (χ3v) is 4.32. The third kappa shape index (κ3) is 1.44. The van der Waals surface area contributed by atoms with E-state index in [0.29, 0.717) is 0 Å². The van der Waals surface area contributed by atoms with E-state index in [0.717, 1.165) is 12.1 Å². The first-order valence-electron chi connectivity index (χ1n) is 4.18. The molecule has 0 saturated heterocycles. The van der Waals surface area contributed by atoms with Gasteiger partial charge in [0.25, 0.3) is 0 Å². The second kappa shape index (κ2) is 3.46. The number of hydrogen-bond donors (Lipinski definition) is 1. The minimum absolute atomic E-state index is 0.910. The molecule has 2 rings (SSSR count). The molecule has 0 atom stereocenters. The Morgan fingerprint density at radius 2 is 2.31 bits per heavy atom. The smallest absolute Gasteiger partial charge is 0.0467 e. The lowest BCUT2D eigenvalue weighted by atomic mass is 10.1. The van der Waals surface area contributed by atoms with E-state index in [1.54, 1.807) is 11.3 Å². The Bertz CT molecular complexity index is 447. The lowest BCUT2D eigenvalue weighted by Crippen LogP contribution is -1.94. The first-order valence-corrected chi connectivity index (χ1v) is 6.14. The number of nitrogen functional groups attached to an aromatic ring is 1. The first kappa shape index (κ1) is 9.27. The van der Waals surface area contributed by atoms with Gasteiger partial charge in [0.2, 0.25) is 0 Å². The molecule has 1 aromatic heterocycles. The van der Waals surface area contributed by atoms with Gasteiger partial charge in [-0.3, -0.25) is 0 Å². The summed E-state index contributed by atoms with van der Waals surface area (Å²) in [5, 5.41) is 3.49. The molecule has 0 saturated carbocycles. The Morgan fingerprint density at radius 3 is 3.00 bits per heavy atom. The summed E-state index contributed by atoms with van der Waals surface area (Å²) < 4.78 is 2.51. The molecule has 0 amide bonds. The van der Waals surface area contributed by atoms with Gasteiger partial charge in [0.15, 0.2) is 0 Å². The molecule has 0 aliphatic heterocycles. The monoisotopic (exact) mass is 303 g/mol. The molecule has 68 valence electrons. The quantitative estimate of drug-likeness (QED) is 0.631. The van der Waals surface area contributed by atoms with E-state index in [1.165, 1.54) is 19.2 Å². The molecule has 13 heavy (non-hydrogen) atoms. The molecule has 2 aromatic rings. The summed E-state index contributed by atoms with van der Waals surface area (Å²) in [4.78, 5) is 0. The van der Waals surface area contributed by atoms with Crippen molar-refractivity contribution in [3.8, 4) is 0 Å². The Morgan fingerprint density at radius 1 is 1.54 bits per heavy atom. The van der Waals surface area contributed by atoms with Crippen molar-refractivity contribution in [1.82, 2.24) is 0 Å². The minimum atomic E-state index is 0.910. The topological polar surface area (TPSA) is 26.0 Å². The standard InChI is InChI=1S/C10H10INS/c1-2-6-7-3-4-13-9(7)5-8(12)10(6)11/h3-5H,2,12H2,1H3. The maximum atomic E-state index is 5.92. The number of hydrogen-bond acceptors (Lipinski definition) is 2. The highest BCUT2D eigenvalue weighted by Gasteiger charge is 2.08. The van der Waals surface area contributed by atoms with Gasteiger partial charge in [-0.1, -0.05) is 6.92 Å². The fraction of sp³-hybridized carbons (Fsp3) is 0.200. The zero-order valence-electron chi connectivity index (χ0n) is 7.30. The van der Waals surface area contributed by atoms with Crippen molar-refractivity contribution in [1.29, 1.82) is 0 Å². The van der Waals surface area contributed by atoms with Gasteiger partial charge >= 0.3 is 0 Å². The van der Waals surface area contributed by atoms with Crippen LogP contribution < -0.4 is 5.73 Å². The van der Waals surface area contributed by atoms with Crippen LogP contribution in [0.4, 0.5) is 5.69 Å². The number of benzene rings is 1. The van der Waals surface area contributed by atoms with Gasteiger partial charge in [-0.2, -0.15) is 0 Å². The van der Waals surface area contributed by atoms with Crippen LogP contribution in [0.1, 0.15) is 12.5 Å². The number of nitrogens with two attached hydrogens (primary N) is 1. The van der Waals surface area contributed by atoms with Gasteiger partial charge in [0.05, 0.1) is 0 Å². The highest BCUT2D eigenvalue weighted by atomic mass is 127. The van der Waals surface area contributed by atoms with Gasteiger partial charge in [-0.25, -0.2) is 0 Å². The van der Waals surface area contributed by atoms with E-state index in [2.05, 4.69) is 47.0 Å². The van der Waals surface area contributed by atoms with Crippen molar-refractivity contribution in [3.63, 3.8) is 0 Å². The average Bonchev–Trinajstić information content (AvgIpc) is 2.54. The maximum absolute atomic E-state index is 5.92. The van der Waals surface area contributed by atoms with Crippen LogP contribution in [0.3, 0.4) is 0 Å². The number of thiophene rings is 1. The minimum Gasteiger partial charge on any atom is -0.398 e. The summed E-state index contributed by atoms with van der Waals surface area (Å²) in [5.74, 6) is 0. The van der Waals surface area contributed by atoms with Crippen LogP contribution in [0.5, 0.6) is 0 Å². The number of rotatable bonds is 1. The molecule has 0 bridgehead atoms. The number of aryl methyl sites for hydroxylation is 1. The SMILES string of the molecule is CCc1c(I)c(N)cc2sccc12. The summed E-state index contributed by atoms with van der Waals surface area (Å²) in [6.45, 7) is 2.17. The zero-order valence-corrected chi connectivity index (χ0v) is 10.3. The molecule has 1 aromatic carbocycles. The molecule has 0 aliphatic rings. The molecule has 0 spiro atoms. The molecule has 3 heteroatoms. The van der Waals surface area contributed by atoms with E-state index in [1.807, 2.05) is 0 Å². The average molecular weight is 303 g/mol.